The maximum absolute atomic E-state index is 13.9. The van der Waals surface area contributed by atoms with Crippen LogP contribution >= 0.6 is 11.6 Å². The number of hydrogen-bond donors (Lipinski definition) is 1. The van der Waals surface area contributed by atoms with E-state index in [4.69, 9.17) is 11.6 Å². The van der Waals surface area contributed by atoms with Gasteiger partial charge in [0.1, 0.15) is 5.82 Å². The highest BCUT2D eigenvalue weighted by Gasteiger charge is 2.21. The lowest BCUT2D eigenvalue weighted by Gasteiger charge is -2.33. The molecule has 21 heavy (non-hydrogen) atoms. The van der Waals surface area contributed by atoms with Crippen molar-refractivity contribution in [2.24, 2.45) is 11.8 Å². The Morgan fingerprint density at radius 2 is 2.24 bits per heavy atom. The molecular weight excluding hydrogens is 287 g/mol. The van der Waals surface area contributed by atoms with Gasteiger partial charge >= 0.3 is 0 Å². The van der Waals surface area contributed by atoms with Crippen LogP contribution in [0.5, 0.6) is 0 Å². The van der Waals surface area contributed by atoms with E-state index in [1.165, 1.54) is 18.9 Å². The van der Waals surface area contributed by atoms with Crippen LogP contribution in [0.1, 0.15) is 32.3 Å². The molecule has 2 nitrogen and oxygen atoms in total. The highest BCUT2D eigenvalue weighted by molar-refractivity contribution is 6.31. The van der Waals surface area contributed by atoms with E-state index in [1.807, 2.05) is 0 Å². The topological polar surface area (TPSA) is 15.3 Å². The van der Waals surface area contributed by atoms with Gasteiger partial charge in [0.2, 0.25) is 0 Å². The molecular formula is C17H26ClFN2. The predicted octanol–water partition coefficient (Wildman–Crippen LogP) is 3.94. The van der Waals surface area contributed by atoms with Crippen molar-refractivity contribution in [1.29, 1.82) is 0 Å². The fourth-order valence-electron chi connectivity index (χ4n) is 2.94. The third-order valence-corrected chi connectivity index (χ3v) is 4.39. The van der Waals surface area contributed by atoms with Crippen LogP contribution in [0.25, 0.3) is 0 Å². The number of hydrogen-bond acceptors (Lipinski definition) is 2. The Balaban J connectivity index is 1.86. The zero-order valence-corrected chi connectivity index (χ0v) is 13.8. The second-order valence-corrected chi connectivity index (χ2v) is 6.90. The summed E-state index contributed by atoms with van der Waals surface area (Å²) in [5.41, 5.74) is 0.634. The van der Waals surface area contributed by atoms with E-state index in [2.05, 4.69) is 24.1 Å². The fourth-order valence-corrected chi connectivity index (χ4v) is 3.17. The minimum Gasteiger partial charge on any atom is -0.316 e. The molecule has 1 fully saturated rings. The van der Waals surface area contributed by atoms with Crippen LogP contribution in [0.4, 0.5) is 4.39 Å². The molecule has 0 aromatic heterocycles. The molecule has 0 radical (unpaired) electrons. The van der Waals surface area contributed by atoms with Crippen molar-refractivity contribution in [2.45, 2.75) is 33.2 Å². The zero-order valence-electron chi connectivity index (χ0n) is 13.0. The molecule has 1 N–H and O–H groups in total. The molecule has 0 saturated carbocycles. The van der Waals surface area contributed by atoms with Crippen molar-refractivity contribution < 1.29 is 4.39 Å². The Hall–Kier alpha value is -0.640. The van der Waals surface area contributed by atoms with E-state index in [1.54, 1.807) is 12.1 Å². The maximum atomic E-state index is 13.9. The van der Waals surface area contributed by atoms with Crippen molar-refractivity contribution in [3.63, 3.8) is 0 Å². The van der Waals surface area contributed by atoms with Gasteiger partial charge in [0, 0.05) is 23.7 Å². The van der Waals surface area contributed by atoms with Gasteiger partial charge in [-0.2, -0.15) is 0 Å². The molecule has 1 heterocycles. The molecule has 0 bridgehead atoms. The normalized spacial score (nSPS) is 20.1. The summed E-state index contributed by atoms with van der Waals surface area (Å²) >= 11 is 6.12. The summed E-state index contributed by atoms with van der Waals surface area (Å²) in [6.07, 6.45) is 2.44. The van der Waals surface area contributed by atoms with E-state index in [0.717, 1.165) is 26.2 Å². The first-order valence-electron chi connectivity index (χ1n) is 7.92. The van der Waals surface area contributed by atoms with Crippen LogP contribution in [0, 0.1) is 17.7 Å². The van der Waals surface area contributed by atoms with Crippen LogP contribution in [0.2, 0.25) is 5.02 Å². The van der Waals surface area contributed by atoms with Crippen LogP contribution < -0.4 is 5.32 Å². The number of nitrogens with one attached hydrogen (secondary N) is 1. The van der Waals surface area contributed by atoms with Gasteiger partial charge < -0.3 is 5.32 Å². The lowest BCUT2D eigenvalue weighted by Crippen LogP contribution is -2.40. The molecule has 1 aliphatic heterocycles. The third-order valence-electron chi connectivity index (χ3n) is 4.03. The van der Waals surface area contributed by atoms with Crippen molar-refractivity contribution in [3.8, 4) is 0 Å². The minimum absolute atomic E-state index is 0.192. The summed E-state index contributed by atoms with van der Waals surface area (Å²) in [7, 11) is 0. The average molecular weight is 313 g/mol. The second-order valence-electron chi connectivity index (χ2n) is 6.50. The Morgan fingerprint density at radius 3 is 2.95 bits per heavy atom. The second kappa shape index (κ2) is 8.11. The summed E-state index contributed by atoms with van der Waals surface area (Å²) in [4.78, 5) is 2.33. The lowest BCUT2D eigenvalue weighted by molar-refractivity contribution is 0.163. The maximum Gasteiger partial charge on any atom is 0.129 e. The molecule has 1 aromatic carbocycles. The Kier molecular flexibility index (Phi) is 6.46. The molecule has 0 aliphatic carbocycles. The molecule has 0 spiro atoms. The summed E-state index contributed by atoms with van der Waals surface area (Å²) < 4.78 is 13.9. The van der Waals surface area contributed by atoms with Gasteiger partial charge in [0.05, 0.1) is 0 Å². The van der Waals surface area contributed by atoms with Gasteiger partial charge in [0.25, 0.3) is 0 Å². The number of rotatable bonds is 6. The Morgan fingerprint density at radius 1 is 1.43 bits per heavy atom. The monoisotopic (exact) mass is 312 g/mol. The first-order chi connectivity index (χ1) is 10.1. The fraction of sp³-hybridized carbons (Fsp3) is 0.647. The number of nitrogens with zero attached hydrogens (tertiary/aromatic N) is 1. The Bertz CT molecular complexity index is 430. The summed E-state index contributed by atoms with van der Waals surface area (Å²) in [6.45, 7) is 9.24. The van der Waals surface area contributed by atoms with E-state index in [9.17, 15) is 4.39 Å². The van der Waals surface area contributed by atoms with Crippen molar-refractivity contribution in [1.82, 2.24) is 10.2 Å². The first kappa shape index (κ1) is 16.7. The largest absolute Gasteiger partial charge is 0.316 e. The van der Waals surface area contributed by atoms with Crippen molar-refractivity contribution in [2.75, 3.05) is 26.2 Å². The molecule has 1 aromatic rings. The van der Waals surface area contributed by atoms with Crippen LogP contribution in [0.3, 0.4) is 0 Å². The third kappa shape index (κ3) is 5.24. The Labute approximate surface area is 132 Å². The van der Waals surface area contributed by atoms with Gasteiger partial charge in [-0.25, -0.2) is 4.39 Å². The van der Waals surface area contributed by atoms with Gasteiger partial charge in [-0.05, 0) is 56.4 Å². The highest BCUT2D eigenvalue weighted by Crippen LogP contribution is 2.24. The number of halogens is 2. The number of piperidine rings is 1. The van der Waals surface area contributed by atoms with Gasteiger partial charge in [-0.1, -0.05) is 31.5 Å². The van der Waals surface area contributed by atoms with Crippen molar-refractivity contribution in [3.05, 3.63) is 34.6 Å². The zero-order chi connectivity index (χ0) is 15.2. The standard InChI is InChI=1S/C17H26ClFN2/c1-13(2)9-20-10-14-5-4-8-21(11-14)12-15-16(18)6-3-7-17(15)19/h3,6-7,13-14,20H,4-5,8-12H2,1-2H3. The molecule has 1 saturated heterocycles. The van der Waals surface area contributed by atoms with Crippen LogP contribution in [-0.2, 0) is 6.54 Å². The molecule has 1 atom stereocenters. The van der Waals surface area contributed by atoms with Gasteiger partial charge in [0.15, 0.2) is 0 Å². The predicted molar refractivity (Wildman–Crippen MR) is 87.1 cm³/mol. The smallest absolute Gasteiger partial charge is 0.129 e. The SMILES string of the molecule is CC(C)CNCC1CCCN(Cc2c(F)cccc2Cl)C1. The lowest BCUT2D eigenvalue weighted by atomic mass is 9.97. The number of benzene rings is 1. The molecule has 2 rings (SSSR count). The first-order valence-corrected chi connectivity index (χ1v) is 8.30. The molecule has 1 unspecified atom stereocenters. The molecule has 1 aliphatic rings. The number of likely N-dealkylation sites (tertiary alicyclic amines) is 1. The van der Waals surface area contributed by atoms with E-state index < -0.39 is 0 Å². The summed E-state index contributed by atoms with van der Waals surface area (Å²) in [6, 6.07) is 4.93. The van der Waals surface area contributed by atoms with E-state index in [0.29, 0.717) is 29.0 Å². The molecule has 4 heteroatoms. The van der Waals surface area contributed by atoms with Crippen molar-refractivity contribution >= 4 is 11.6 Å². The van der Waals surface area contributed by atoms with E-state index >= 15 is 0 Å². The van der Waals surface area contributed by atoms with E-state index in [-0.39, 0.29) is 5.82 Å². The van der Waals surface area contributed by atoms with Gasteiger partial charge in [-0.3, -0.25) is 4.90 Å². The van der Waals surface area contributed by atoms with Crippen LogP contribution in [0.15, 0.2) is 18.2 Å². The minimum atomic E-state index is -0.192. The average Bonchev–Trinajstić information content (AvgIpc) is 2.43. The summed E-state index contributed by atoms with van der Waals surface area (Å²) in [5.74, 6) is 1.15. The van der Waals surface area contributed by atoms with Crippen LogP contribution in [-0.4, -0.2) is 31.1 Å². The molecule has 0 amide bonds. The quantitative estimate of drug-likeness (QED) is 0.856. The van der Waals surface area contributed by atoms with Gasteiger partial charge in [-0.15, -0.1) is 0 Å². The summed E-state index contributed by atoms with van der Waals surface area (Å²) in [5, 5.41) is 4.07. The molecule has 118 valence electrons. The highest BCUT2D eigenvalue weighted by atomic mass is 35.5.